The van der Waals surface area contributed by atoms with Crippen LogP contribution in [0.1, 0.15) is 16.9 Å². The summed E-state index contributed by atoms with van der Waals surface area (Å²) in [5, 5.41) is 5.18. The number of benzene rings is 2. The van der Waals surface area contributed by atoms with Crippen LogP contribution in [0.4, 0.5) is 0 Å². The van der Waals surface area contributed by atoms with Crippen molar-refractivity contribution in [2.45, 2.75) is 25.4 Å². The van der Waals surface area contributed by atoms with Gasteiger partial charge < -0.3 is 14.8 Å². The van der Waals surface area contributed by atoms with Crippen LogP contribution in [0.3, 0.4) is 0 Å². The van der Waals surface area contributed by atoms with Crippen LogP contribution in [0.5, 0.6) is 17.2 Å². The molecule has 0 aliphatic carbocycles. The van der Waals surface area contributed by atoms with Gasteiger partial charge >= 0.3 is 0 Å². The first-order valence-corrected chi connectivity index (χ1v) is 11.0. The van der Waals surface area contributed by atoms with Crippen molar-refractivity contribution in [3.63, 3.8) is 0 Å². The first kappa shape index (κ1) is 20.4. The number of nitrogens with one attached hydrogen (secondary N) is 1. The van der Waals surface area contributed by atoms with E-state index in [0.717, 1.165) is 36.7 Å². The molecule has 0 radical (unpaired) electrons. The minimum absolute atomic E-state index is 0.108. The van der Waals surface area contributed by atoms with Crippen LogP contribution in [0, 0.1) is 0 Å². The van der Waals surface area contributed by atoms with Gasteiger partial charge in [-0.15, -0.1) is 11.3 Å². The molecule has 3 aromatic rings. The Labute approximate surface area is 181 Å². The van der Waals surface area contributed by atoms with E-state index in [4.69, 9.17) is 9.47 Å². The van der Waals surface area contributed by atoms with Crippen LogP contribution in [-0.2, 0) is 17.8 Å². The molecule has 1 aromatic heterocycles. The lowest BCUT2D eigenvalue weighted by atomic mass is 10.2. The highest BCUT2D eigenvalue weighted by molar-refractivity contribution is 7.10. The lowest BCUT2D eigenvalue weighted by molar-refractivity contribution is -0.121. The standard InChI is InChI=1S/C24H26N2O3S/c1-28-22-9-2-3-10-23(22)29-20-7-4-6-18(14-20)16-26-12-11-19(17-26)25-24(27)15-21-8-5-13-30-21/h2-10,13-14,19H,11-12,15-17H2,1H3,(H,25,27)/t19-/m1/s1. The second-order valence-corrected chi connectivity index (χ2v) is 8.48. The minimum Gasteiger partial charge on any atom is -0.493 e. The van der Waals surface area contributed by atoms with Crippen molar-refractivity contribution < 1.29 is 14.3 Å². The molecule has 0 spiro atoms. The monoisotopic (exact) mass is 422 g/mol. The second kappa shape index (κ2) is 9.78. The van der Waals surface area contributed by atoms with Gasteiger partial charge in [0.2, 0.25) is 5.91 Å². The molecule has 2 aromatic carbocycles. The number of nitrogens with zero attached hydrogens (tertiary/aromatic N) is 1. The van der Waals surface area contributed by atoms with Gasteiger partial charge in [-0.1, -0.05) is 30.3 Å². The highest BCUT2D eigenvalue weighted by Gasteiger charge is 2.24. The van der Waals surface area contributed by atoms with Gasteiger partial charge in [0.15, 0.2) is 11.5 Å². The summed E-state index contributed by atoms with van der Waals surface area (Å²) in [5.74, 6) is 2.31. The summed E-state index contributed by atoms with van der Waals surface area (Å²) in [4.78, 5) is 15.7. The van der Waals surface area contributed by atoms with E-state index >= 15 is 0 Å². The summed E-state index contributed by atoms with van der Waals surface area (Å²) >= 11 is 1.62. The molecule has 1 aliphatic heterocycles. The smallest absolute Gasteiger partial charge is 0.225 e. The van der Waals surface area contributed by atoms with E-state index in [2.05, 4.69) is 22.3 Å². The van der Waals surface area contributed by atoms with Crippen LogP contribution >= 0.6 is 11.3 Å². The number of likely N-dealkylation sites (tertiary alicyclic amines) is 1. The Kier molecular flexibility index (Phi) is 6.67. The lowest BCUT2D eigenvalue weighted by Crippen LogP contribution is -2.37. The average Bonchev–Trinajstić information content (AvgIpc) is 3.41. The maximum absolute atomic E-state index is 12.3. The predicted molar refractivity (Wildman–Crippen MR) is 119 cm³/mol. The average molecular weight is 423 g/mol. The van der Waals surface area contributed by atoms with E-state index in [1.54, 1.807) is 18.4 Å². The molecule has 2 heterocycles. The number of para-hydroxylation sites is 2. The van der Waals surface area contributed by atoms with Crippen molar-refractivity contribution in [3.8, 4) is 17.2 Å². The Bertz CT molecular complexity index is 974. The normalized spacial score (nSPS) is 16.4. The van der Waals surface area contributed by atoms with Gasteiger partial charge in [-0.3, -0.25) is 9.69 Å². The Morgan fingerprint density at radius 1 is 1.13 bits per heavy atom. The summed E-state index contributed by atoms with van der Waals surface area (Å²) in [7, 11) is 1.64. The van der Waals surface area contributed by atoms with E-state index in [-0.39, 0.29) is 11.9 Å². The van der Waals surface area contributed by atoms with E-state index < -0.39 is 0 Å². The molecule has 0 saturated carbocycles. The second-order valence-electron chi connectivity index (χ2n) is 7.44. The quantitative estimate of drug-likeness (QED) is 0.581. The molecule has 1 aliphatic rings. The zero-order chi connectivity index (χ0) is 20.8. The van der Waals surface area contributed by atoms with Gasteiger partial charge in [-0.2, -0.15) is 0 Å². The van der Waals surface area contributed by atoms with Crippen LogP contribution in [0.15, 0.2) is 66.0 Å². The maximum Gasteiger partial charge on any atom is 0.225 e. The molecule has 1 atom stereocenters. The van der Waals surface area contributed by atoms with E-state index in [1.807, 2.05) is 53.9 Å². The topological polar surface area (TPSA) is 50.8 Å². The van der Waals surface area contributed by atoms with Crippen molar-refractivity contribution >= 4 is 17.2 Å². The Hall–Kier alpha value is -2.83. The van der Waals surface area contributed by atoms with Crippen molar-refractivity contribution in [1.82, 2.24) is 10.2 Å². The molecule has 1 fully saturated rings. The van der Waals surface area contributed by atoms with Crippen LogP contribution in [-0.4, -0.2) is 37.0 Å². The molecule has 1 N–H and O–H groups in total. The molecule has 6 heteroatoms. The number of carbonyl (C=O) groups excluding carboxylic acids is 1. The van der Waals surface area contributed by atoms with Crippen molar-refractivity contribution in [2.24, 2.45) is 0 Å². The Balaban J connectivity index is 1.30. The summed E-state index contributed by atoms with van der Waals surface area (Å²) < 4.78 is 11.4. The zero-order valence-corrected chi connectivity index (χ0v) is 17.9. The summed E-state index contributed by atoms with van der Waals surface area (Å²) in [6, 6.07) is 20.0. The van der Waals surface area contributed by atoms with Crippen molar-refractivity contribution in [3.05, 3.63) is 76.5 Å². The third-order valence-corrected chi connectivity index (χ3v) is 6.03. The zero-order valence-electron chi connectivity index (χ0n) is 17.0. The van der Waals surface area contributed by atoms with Gasteiger partial charge in [-0.05, 0) is 47.7 Å². The van der Waals surface area contributed by atoms with Gasteiger partial charge in [0, 0.05) is 30.6 Å². The SMILES string of the molecule is COc1ccccc1Oc1cccc(CN2CC[C@@H](NC(=O)Cc3cccs3)C2)c1. The number of ether oxygens (including phenoxy) is 2. The Morgan fingerprint density at radius 2 is 2.00 bits per heavy atom. The molecule has 1 saturated heterocycles. The molecule has 1 amide bonds. The molecule has 30 heavy (non-hydrogen) atoms. The summed E-state index contributed by atoms with van der Waals surface area (Å²) in [5.41, 5.74) is 1.19. The third-order valence-electron chi connectivity index (χ3n) is 5.15. The predicted octanol–water partition coefficient (Wildman–Crippen LogP) is 4.48. The van der Waals surface area contributed by atoms with E-state index in [9.17, 15) is 4.79 Å². The van der Waals surface area contributed by atoms with Gasteiger partial charge in [-0.25, -0.2) is 0 Å². The van der Waals surface area contributed by atoms with Crippen LogP contribution in [0.25, 0.3) is 0 Å². The van der Waals surface area contributed by atoms with Gasteiger partial charge in [0.05, 0.1) is 13.5 Å². The molecular formula is C24H26N2O3S. The fourth-order valence-corrected chi connectivity index (χ4v) is 4.44. The molecular weight excluding hydrogens is 396 g/mol. The van der Waals surface area contributed by atoms with E-state index in [0.29, 0.717) is 17.9 Å². The van der Waals surface area contributed by atoms with Gasteiger partial charge in [0.25, 0.3) is 0 Å². The van der Waals surface area contributed by atoms with Crippen LogP contribution < -0.4 is 14.8 Å². The molecule has 0 unspecified atom stereocenters. The van der Waals surface area contributed by atoms with Gasteiger partial charge in [0.1, 0.15) is 5.75 Å². The largest absolute Gasteiger partial charge is 0.493 e. The van der Waals surface area contributed by atoms with Crippen LogP contribution in [0.2, 0.25) is 0 Å². The fraction of sp³-hybridized carbons (Fsp3) is 0.292. The summed E-state index contributed by atoms with van der Waals surface area (Å²) in [6.45, 7) is 2.68. The third kappa shape index (κ3) is 5.40. The Morgan fingerprint density at radius 3 is 2.80 bits per heavy atom. The number of thiophene rings is 1. The maximum atomic E-state index is 12.3. The molecule has 4 rings (SSSR count). The number of carbonyl (C=O) groups is 1. The van der Waals surface area contributed by atoms with Crippen molar-refractivity contribution in [1.29, 1.82) is 0 Å². The lowest BCUT2D eigenvalue weighted by Gasteiger charge is -2.17. The van der Waals surface area contributed by atoms with Crippen molar-refractivity contribution in [2.75, 3.05) is 20.2 Å². The highest BCUT2D eigenvalue weighted by Crippen LogP contribution is 2.31. The van der Waals surface area contributed by atoms with E-state index in [1.165, 1.54) is 5.56 Å². The number of rotatable bonds is 8. The number of hydrogen-bond acceptors (Lipinski definition) is 5. The first-order chi connectivity index (χ1) is 14.7. The number of amides is 1. The summed E-state index contributed by atoms with van der Waals surface area (Å²) in [6.07, 6.45) is 1.45. The molecule has 5 nitrogen and oxygen atoms in total. The first-order valence-electron chi connectivity index (χ1n) is 10.1. The number of hydrogen-bond donors (Lipinski definition) is 1. The fourth-order valence-electron chi connectivity index (χ4n) is 3.74. The molecule has 0 bridgehead atoms. The highest BCUT2D eigenvalue weighted by atomic mass is 32.1. The molecule has 156 valence electrons. The number of methoxy groups -OCH3 is 1. The minimum atomic E-state index is 0.108.